The van der Waals surface area contributed by atoms with E-state index in [-0.39, 0.29) is 11.9 Å². The molecule has 0 unspecified atom stereocenters. The van der Waals surface area contributed by atoms with Gasteiger partial charge in [-0.05, 0) is 41.9 Å². The molecule has 6 nitrogen and oxygen atoms in total. The molecule has 0 radical (unpaired) electrons. The molecule has 168 valence electrons. The van der Waals surface area contributed by atoms with Crippen LogP contribution in [-0.4, -0.2) is 62.3 Å². The third-order valence-electron chi connectivity index (χ3n) is 6.94. The lowest BCUT2D eigenvalue weighted by molar-refractivity contribution is -0.124. The van der Waals surface area contributed by atoms with Gasteiger partial charge in [-0.2, -0.15) is 4.31 Å². The first-order valence-corrected chi connectivity index (χ1v) is 12.7. The van der Waals surface area contributed by atoms with Crippen molar-refractivity contribution in [3.05, 3.63) is 29.8 Å². The molecule has 1 saturated carbocycles. The van der Waals surface area contributed by atoms with Crippen LogP contribution in [0.25, 0.3) is 0 Å². The van der Waals surface area contributed by atoms with Crippen LogP contribution >= 0.6 is 0 Å². The van der Waals surface area contributed by atoms with E-state index in [4.69, 9.17) is 0 Å². The van der Waals surface area contributed by atoms with Crippen molar-refractivity contribution < 1.29 is 13.2 Å². The van der Waals surface area contributed by atoms with Crippen molar-refractivity contribution in [2.24, 2.45) is 11.8 Å². The van der Waals surface area contributed by atoms with Crippen molar-refractivity contribution in [3.8, 4) is 0 Å². The molecule has 1 aliphatic heterocycles. The third-order valence-corrected chi connectivity index (χ3v) is 8.85. The first-order valence-electron chi connectivity index (χ1n) is 11.3. The molecule has 0 bridgehead atoms. The fourth-order valence-corrected chi connectivity index (χ4v) is 5.97. The third kappa shape index (κ3) is 5.42. The second-order valence-corrected chi connectivity index (χ2v) is 11.3. The summed E-state index contributed by atoms with van der Waals surface area (Å²) in [6, 6.07) is 7.46. The fraction of sp³-hybridized carbons (Fsp3) is 0.696. The number of sulfonamides is 1. The Morgan fingerprint density at radius 2 is 1.70 bits per heavy atom. The lowest BCUT2D eigenvalue weighted by atomic mass is 9.78. The van der Waals surface area contributed by atoms with Crippen LogP contribution in [0.3, 0.4) is 0 Å². The Kier molecular flexibility index (Phi) is 7.58. The van der Waals surface area contributed by atoms with Gasteiger partial charge in [0, 0.05) is 32.2 Å². The summed E-state index contributed by atoms with van der Waals surface area (Å²) in [5.41, 5.74) is 1.13. The number of carbonyl (C=O) groups is 1. The quantitative estimate of drug-likeness (QED) is 0.746. The predicted molar refractivity (Wildman–Crippen MR) is 120 cm³/mol. The number of nitrogens with one attached hydrogen (secondary N) is 1. The van der Waals surface area contributed by atoms with Crippen molar-refractivity contribution in [2.75, 3.05) is 32.7 Å². The van der Waals surface area contributed by atoms with Gasteiger partial charge in [-0.1, -0.05) is 52.7 Å². The number of carbonyl (C=O) groups excluding carboxylic acids is 1. The van der Waals surface area contributed by atoms with E-state index in [9.17, 15) is 13.2 Å². The average Bonchev–Trinajstić information content (AvgIpc) is 2.72. The summed E-state index contributed by atoms with van der Waals surface area (Å²) >= 11 is 0. The summed E-state index contributed by atoms with van der Waals surface area (Å²) in [5, 5.41) is 3.22. The molecular weight excluding hydrogens is 398 g/mol. The number of hydrogen-bond acceptors (Lipinski definition) is 4. The van der Waals surface area contributed by atoms with Gasteiger partial charge < -0.3 is 5.32 Å². The largest absolute Gasteiger partial charge is 0.352 e. The van der Waals surface area contributed by atoms with Crippen molar-refractivity contribution in [1.82, 2.24) is 14.5 Å². The number of piperazine rings is 1. The summed E-state index contributed by atoms with van der Waals surface area (Å²) < 4.78 is 27.4. The molecule has 0 aromatic heterocycles. The molecule has 1 saturated heterocycles. The Balaban J connectivity index is 1.51. The van der Waals surface area contributed by atoms with E-state index < -0.39 is 10.0 Å². The number of rotatable bonds is 6. The van der Waals surface area contributed by atoms with Crippen LogP contribution in [0.2, 0.25) is 0 Å². The van der Waals surface area contributed by atoms with Gasteiger partial charge in [0.05, 0.1) is 11.4 Å². The highest BCUT2D eigenvalue weighted by molar-refractivity contribution is 7.89. The van der Waals surface area contributed by atoms with E-state index in [1.165, 1.54) is 17.1 Å². The van der Waals surface area contributed by atoms with Crippen LogP contribution in [0.4, 0.5) is 0 Å². The monoisotopic (exact) mass is 435 g/mol. The minimum atomic E-state index is -3.49. The van der Waals surface area contributed by atoms with Crippen LogP contribution in [0.5, 0.6) is 0 Å². The SMILES string of the molecule is CC(C)c1ccc(S(=O)(=O)N2CCN(CC(=O)N[C@@H]3CCC[C@H](C)[C@H]3C)CC2)cc1. The van der Waals surface area contributed by atoms with Gasteiger partial charge in [0.25, 0.3) is 0 Å². The molecular formula is C23H37N3O3S. The van der Waals surface area contributed by atoms with Crippen LogP contribution in [0, 0.1) is 11.8 Å². The maximum Gasteiger partial charge on any atom is 0.243 e. The maximum absolute atomic E-state index is 13.0. The first-order chi connectivity index (χ1) is 14.2. The summed E-state index contributed by atoms with van der Waals surface area (Å²) in [6.45, 7) is 11.0. The highest BCUT2D eigenvalue weighted by Gasteiger charge is 2.31. The van der Waals surface area contributed by atoms with Crippen LogP contribution in [-0.2, 0) is 14.8 Å². The lowest BCUT2D eigenvalue weighted by Crippen LogP contribution is -2.52. The van der Waals surface area contributed by atoms with Gasteiger partial charge in [0.15, 0.2) is 0 Å². The molecule has 0 spiro atoms. The Morgan fingerprint density at radius 1 is 1.07 bits per heavy atom. The molecule has 1 amide bonds. The summed E-state index contributed by atoms with van der Waals surface area (Å²) in [6.07, 6.45) is 3.47. The van der Waals surface area contributed by atoms with E-state index in [1.807, 2.05) is 12.1 Å². The van der Waals surface area contributed by atoms with E-state index >= 15 is 0 Å². The lowest BCUT2D eigenvalue weighted by Gasteiger charge is -2.36. The van der Waals surface area contributed by atoms with E-state index in [1.54, 1.807) is 12.1 Å². The smallest absolute Gasteiger partial charge is 0.243 e. The van der Waals surface area contributed by atoms with Gasteiger partial charge in [0.1, 0.15) is 0 Å². The Bertz CT molecular complexity index is 815. The van der Waals surface area contributed by atoms with E-state index in [0.29, 0.717) is 55.4 Å². The van der Waals surface area contributed by atoms with Gasteiger partial charge in [0.2, 0.25) is 15.9 Å². The Labute approximate surface area is 182 Å². The molecule has 1 aromatic rings. The molecule has 1 N–H and O–H groups in total. The molecule has 2 aliphatic rings. The van der Waals surface area contributed by atoms with Gasteiger partial charge in [-0.3, -0.25) is 9.69 Å². The van der Waals surface area contributed by atoms with Crippen molar-refractivity contribution in [2.45, 2.75) is 63.8 Å². The minimum absolute atomic E-state index is 0.0570. The summed E-state index contributed by atoms with van der Waals surface area (Å²) in [7, 11) is -3.49. The standard InChI is InChI=1S/C23H37N3O3S/c1-17(2)20-8-10-21(11-9-20)30(28,29)26-14-12-25(13-15-26)16-23(27)24-22-7-5-6-18(3)19(22)4/h8-11,17-19,22H,5-7,12-16H2,1-4H3,(H,24,27)/t18-,19+,22+/m0/s1. The van der Waals surface area contributed by atoms with Gasteiger partial charge in [-0.25, -0.2) is 8.42 Å². The Morgan fingerprint density at radius 3 is 2.30 bits per heavy atom. The fourth-order valence-electron chi connectivity index (χ4n) is 4.54. The second kappa shape index (κ2) is 9.79. The molecule has 30 heavy (non-hydrogen) atoms. The highest BCUT2D eigenvalue weighted by Crippen LogP contribution is 2.29. The molecule has 1 heterocycles. The van der Waals surface area contributed by atoms with Gasteiger partial charge in [-0.15, -0.1) is 0 Å². The average molecular weight is 436 g/mol. The van der Waals surface area contributed by atoms with Crippen LogP contribution < -0.4 is 5.32 Å². The number of hydrogen-bond donors (Lipinski definition) is 1. The van der Waals surface area contributed by atoms with Crippen LogP contribution in [0.1, 0.15) is 58.4 Å². The predicted octanol–water partition coefficient (Wildman–Crippen LogP) is 3.06. The zero-order valence-electron chi connectivity index (χ0n) is 18.8. The highest BCUT2D eigenvalue weighted by atomic mass is 32.2. The first kappa shape index (κ1) is 23.2. The van der Waals surface area contributed by atoms with E-state index in [2.05, 4.69) is 37.9 Å². The molecule has 3 rings (SSSR count). The maximum atomic E-state index is 13.0. The second-order valence-electron chi connectivity index (χ2n) is 9.35. The molecule has 2 fully saturated rings. The molecule has 7 heteroatoms. The molecule has 3 atom stereocenters. The van der Waals surface area contributed by atoms with Crippen LogP contribution in [0.15, 0.2) is 29.2 Å². The number of benzene rings is 1. The minimum Gasteiger partial charge on any atom is -0.352 e. The summed E-state index contributed by atoms with van der Waals surface area (Å²) in [5.74, 6) is 1.58. The zero-order chi connectivity index (χ0) is 21.9. The van der Waals surface area contributed by atoms with Crippen molar-refractivity contribution >= 4 is 15.9 Å². The number of nitrogens with zero attached hydrogens (tertiary/aromatic N) is 2. The van der Waals surface area contributed by atoms with Crippen molar-refractivity contribution in [3.63, 3.8) is 0 Å². The molecule has 1 aliphatic carbocycles. The summed E-state index contributed by atoms with van der Waals surface area (Å²) in [4.78, 5) is 14.9. The van der Waals surface area contributed by atoms with Gasteiger partial charge >= 0.3 is 0 Å². The topological polar surface area (TPSA) is 69.7 Å². The Hall–Kier alpha value is -1.44. The molecule has 1 aromatic carbocycles. The van der Waals surface area contributed by atoms with E-state index in [0.717, 1.165) is 12.0 Å². The normalized spacial score (nSPS) is 26.6. The zero-order valence-corrected chi connectivity index (χ0v) is 19.6. The number of amides is 1. The van der Waals surface area contributed by atoms with Crippen molar-refractivity contribution in [1.29, 1.82) is 0 Å².